The van der Waals surface area contributed by atoms with Gasteiger partial charge in [0, 0.05) is 24.0 Å². The first-order chi connectivity index (χ1) is 21.0. The van der Waals surface area contributed by atoms with Crippen molar-refractivity contribution in [2.24, 2.45) is 5.92 Å². The van der Waals surface area contributed by atoms with E-state index in [0.29, 0.717) is 25.0 Å². The summed E-state index contributed by atoms with van der Waals surface area (Å²) in [7, 11) is 0. The van der Waals surface area contributed by atoms with E-state index in [4.69, 9.17) is 9.84 Å². The highest BCUT2D eigenvalue weighted by molar-refractivity contribution is 5.98. The van der Waals surface area contributed by atoms with Gasteiger partial charge in [-0.3, -0.25) is 9.48 Å². The number of aromatic nitrogens is 2. The summed E-state index contributed by atoms with van der Waals surface area (Å²) in [6.45, 7) is 6.42. The van der Waals surface area contributed by atoms with E-state index < -0.39 is 0 Å². The molecule has 2 aliphatic rings. The third kappa shape index (κ3) is 7.04. The molecule has 0 radical (unpaired) electrons. The van der Waals surface area contributed by atoms with E-state index in [-0.39, 0.29) is 11.8 Å². The fourth-order valence-corrected chi connectivity index (χ4v) is 6.87. The van der Waals surface area contributed by atoms with Crippen LogP contribution in [0.2, 0.25) is 0 Å². The highest BCUT2D eigenvalue weighted by Gasteiger charge is 2.32. The van der Waals surface area contributed by atoms with Gasteiger partial charge in [0.15, 0.2) is 0 Å². The van der Waals surface area contributed by atoms with Crippen LogP contribution in [0.1, 0.15) is 98.4 Å². The second-order valence-electron chi connectivity index (χ2n) is 12.8. The summed E-state index contributed by atoms with van der Waals surface area (Å²) in [4.78, 5) is 16.5. The molecule has 224 valence electrons. The number of benzene rings is 3. The van der Waals surface area contributed by atoms with Gasteiger partial charge in [-0.1, -0.05) is 87.7 Å². The Kier molecular flexibility index (Phi) is 9.26. The van der Waals surface area contributed by atoms with Crippen molar-refractivity contribution in [1.29, 1.82) is 0 Å². The van der Waals surface area contributed by atoms with Crippen molar-refractivity contribution in [3.63, 3.8) is 0 Å². The summed E-state index contributed by atoms with van der Waals surface area (Å²) in [6, 6.07) is 25.1. The van der Waals surface area contributed by atoms with Gasteiger partial charge in [-0.15, -0.1) is 0 Å². The molecule has 5 heteroatoms. The molecule has 3 aromatic carbocycles. The maximum atomic E-state index is 14.6. The zero-order valence-electron chi connectivity index (χ0n) is 25.8. The smallest absolute Gasteiger partial charge is 0.234 e. The zero-order chi connectivity index (χ0) is 29.6. The van der Waals surface area contributed by atoms with Crippen LogP contribution in [0.5, 0.6) is 5.75 Å². The first-order valence-corrected chi connectivity index (χ1v) is 16.3. The predicted molar refractivity (Wildman–Crippen MR) is 173 cm³/mol. The van der Waals surface area contributed by atoms with Gasteiger partial charge in [0.2, 0.25) is 5.91 Å². The lowest BCUT2D eigenvalue weighted by Crippen LogP contribution is -2.36. The molecule has 0 spiro atoms. The van der Waals surface area contributed by atoms with Gasteiger partial charge in [-0.2, -0.15) is 5.10 Å². The van der Waals surface area contributed by atoms with Gasteiger partial charge in [-0.25, -0.2) is 0 Å². The van der Waals surface area contributed by atoms with E-state index in [0.717, 1.165) is 53.9 Å². The van der Waals surface area contributed by atoms with Crippen LogP contribution in [0.15, 0.2) is 85.2 Å². The Labute approximate surface area is 256 Å². The average Bonchev–Trinajstić information content (AvgIpc) is 3.49. The van der Waals surface area contributed by atoms with Gasteiger partial charge in [0.1, 0.15) is 12.4 Å². The molecular formula is C38H45N3O2. The predicted octanol–water partition coefficient (Wildman–Crippen LogP) is 8.82. The third-order valence-electron chi connectivity index (χ3n) is 9.33. The summed E-state index contributed by atoms with van der Waals surface area (Å²) in [5, 5.41) is 4.72. The monoisotopic (exact) mass is 575 g/mol. The molecule has 43 heavy (non-hydrogen) atoms. The molecule has 0 saturated heterocycles. The van der Waals surface area contributed by atoms with Crippen molar-refractivity contribution in [2.45, 2.75) is 96.7 Å². The molecule has 2 aliphatic carbocycles. The number of nitrogens with zero attached hydrogens (tertiary/aromatic N) is 3. The summed E-state index contributed by atoms with van der Waals surface area (Å²) in [5.74, 6) is 2.00. The lowest BCUT2D eigenvalue weighted by molar-refractivity contribution is -0.120. The number of hydrogen-bond acceptors (Lipinski definition) is 3. The van der Waals surface area contributed by atoms with Gasteiger partial charge in [0.25, 0.3) is 0 Å². The van der Waals surface area contributed by atoms with Crippen molar-refractivity contribution in [2.75, 3.05) is 4.90 Å². The number of anilines is 1. The number of hydrogen-bond donors (Lipinski definition) is 0. The Balaban J connectivity index is 1.25. The molecule has 1 atom stereocenters. The molecule has 1 fully saturated rings. The van der Waals surface area contributed by atoms with Crippen molar-refractivity contribution in [1.82, 2.24) is 9.78 Å². The maximum Gasteiger partial charge on any atom is 0.234 e. The normalized spacial score (nSPS) is 17.0. The van der Waals surface area contributed by atoms with Crippen LogP contribution in [-0.4, -0.2) is 15.7 Å². The number of carbonyl (C=O) groups excluding carboxylic acids is 1. The molecule has 1 heterocycles. The fourth-order valence-electron chi connectivity index (χ4n) is 6.87. The Morgan fingerprint density at radius 1 is 0.907 bits per heavy atom. The lowest BCUT2D eigenvalue weighted by Gasteiger charge is -2.32. The molecule has 4 aromatic rings. The van der Waals surface area contributed by atoms with E-state index >= 15 is 0 Å². The van der Waals surface area contributed by atoms with Crippen LogP contribution in [0.3, 0.4) is 0 Å². The van der Waals surface area contributed by atoms with Crippen LogP contribution >= 0.6 is 0 Å². The minimum absolute atomic E-state index is 0.151. The van der Waals surface area contributed by atoms with E-state index in [9.17, 15) is 4.79 Å². The lowest BCUT2D eigenvalue weighted by atomic mass is 9.81. The molecule has 0 bridgehead atoms. The highest BCUT2D eigenvalue weighted by Crippen LogP contribution is 2.39. The molecular weight excluding hydrogens is 530 g/mol. The van der Waals surface area contributed by atoms with Crippen molar-refractivity contribution in [3.05, 3.63) is 113 Å². The average molecular weight is 576 g/mol. The number of carbonyl (C=O) groups is 1. The van der Waals surface area contributed by atoms with Gasteiger partial charge < -0.3 is 9.64 Å². The highest BCUT2D eigenvalue weighted by atomic mass is 16.5. The minimum Gasteiger partial charge on any atom is -0.489 e. The number of amides is 1. The summed E-state index contributed by atoms with van der Waals surface area (Å²) < 4.78 is 8.42. The summed E-state index contributed by atoms with van der Waals surface area (Å²) in [5.41, 5.74) is 6.73. The van der Waals surface area contributed by atoms with Gasteiger partial charge in [0.05, 0.1) is 18.7 Å². The SMILES string of the molecule is CC(C)c1ccc(N(Cc2cnn(CC3CCCCC3)c2)C(=O)C2CCCc3c(OCc4ccccc4)cccc32)cc1. The van der Waals surface area contributed by atoms with Crippen LogP contribution in [0, 0.1) is 5.92 Å². The minimum atomic E-state index is -0.203. The Hall–Kier alpha value is -3.86. The second-order valence-corrected chi connectivity index (χ2v) is 12.8. The quantitative estimate of drug-likeness (QED) is 0.190. The van der Waals surface area contributed by atoms with Gasteiger partial charge >= 0.3 is 0 Å². The number of rotatable bonds is 10. The van der Waals surface area contributed by atoms with Crippen LogP contribution in [-0.2, 0) is 30.9 Å². The first-order valence-electron chi connectivity index (χ1n) is 16.3. The number of fused-ring (bicyclic) bond motifs is 1. The number of ether oxygens (including phenoxy) is 1. The van der Waals surface area contributed by atoms with Crippen LogP contribution in [0.25, 0.3) is 0 Å². The molecule has 0 N–H and O–H groups in total. The van der Waals surface area contributed by atoms with E-state index in [1.807, 2.05) is 35.4 Å². The molecule has 0 aliphatic heterocycles. The Morgan fingerprint density at radius 3 is 2.47 bits per heavy atom. The third-order valence-corrected chi connectivity index (χ3v) is 9.33. The van der Waals surface area contributed by atoms with E-state index in [1.165, 1.54) is 43.2 Å². The molecule has 1 saturated carbocycles. The van der Waals surface area contributed by atoms with Crippen LogP contribution < -0.4 is 9.64 Å². The Bertz CT molecular complexity index is 1490. The van der Waals surface area contributed by atoms with E-state index in [2.05, 4.69) is 73.3 Å². The molecule has 1 aromatic heterocycles. The molecule has 1 unspecified atom stereocenters. The van der Waals surface area contributed by atoms with Crippen molar-refractivity contribution < 1.29 is 9.53 Å². The Morgan fingerprint density at radius 2 is 1.70 bits per heavy atom. The van der Waals surface area contributed by atoms with Gasteiger partial charge in [-0.05, 0) is 84.4 Å². The molecule has 1 amide bonds. The van der Waals surface area contributed by atoms with E-state index in [1.54, 1.807) is 0 Å². The zero-order valence-corrected chi connectivity index (χ0v) is 25.8. The topological polar surface area (TPSA) is 47.4 Å². The second kappa shape index (κ2) is 13.6. The van der Waals surface area contributed by atoms with Crippen LogP contribution in [0.4, 0.5) is 5.69 Å². The fraction of sp³-hybridized carbons (Fsp3) is 0.421. The van der Waals surface area contributed by atoms with Crippen molar-refractivity contribution >= 4 is 11.6 Å². The maximum absolute atomic E-state index is 14.6. The first kappa shape index (κ1) is 29.2. The summed E-state index contributed by atoms with van der Waals surface area (Å²) in [6.07, 6.45) is 13.5. The molecule has 5 nitrogen and oxygen atoms in total. The summed E-state index contributed by atoms with van der Waals surface area (Å²) >= 11 is 0. The standard InChI is InChI=1S/C38H45N3O2/c1-28(2)32-19-21-33(22-20-32)41(26-31-23-39-40(25-31)24-29-11-5-3-6-12-29)38(42)36-17-9-16-35-34(36)15-10-18-37(35)43-27-30-13-7-4-8-14-30/h4,7-8,10,13-15,18-23,25,28-29,36H,3,5-6,9,11-12,16-17,24,26-27H2,1-2H3. The van der Waals surface area contributed by atoms with Crippen molar-refractivity contribution in [3.8, 4) is 5.75 Å². The largest absolute Gasteiger partial charge is 0.489 e. The molecule has 6 rings (SSSR count).